The molecule has 1 saturated heterocycles. The fraction of sp³-hybridized carbons (Fsp3) is 1.00. The van der Waals surface area contributed by atoms with Crippen molar-refractivity contribution in [1.29, 1.82) is 0 Å². The number of alkyl halides is 1. The van der Waals surface area contributed by atoms with Gasteiger partial charge in [0.2, 0.25) is 0 Å². The van der Waals surface area contributed by atoms with Crippen molar-refractivity contribution >= 4 is 11.6 Å². The van der Waals surface area contributed by atoms with Crippen LogP contribution in [0.25, 0.3) is 0 Å². The fourth-order valence-corrected chi connectivity index (χ4v) is 2.03. The van der Waals surface area contributed by atoms with Crippen LogP contribution in [0.3, 0.4) is 0 Å². The highest BCUT2D eigenvalue weighted by Crippen LogP contribution is 2.21. The third-order valence-corrected chi connectivity index (χ3v) is 3.28. The van der Waals surface area contributed by atoms with Crippen molar-refractivity contribution in [3.63, 3.8) is 0 Å². The highest BCUT2D eigenvalue weighted by atomic mass is 35.5. The van der Waals surface area contributed by atoms with Gasteiger partial charge in [0.15, 0.2) is 0 Å². The molecular formula is C10H21ClN2O. The summed E-state index contributed by atoms with van der Waals surface area (Å²) in [7, 11) is 4.16. The minimum Gasteiger partial charge on any atom is -0.381 e. The molecule has 0 amide bonds. The number of hydrogen-bond acceptors (Lipinski definition) is 3. The van der Waals surface area contributed by atoms with Gasteiger partial charge in [0.05, 0.1) is 0 Å². The molecule has 1 fully saturated rings. The molecule has 14 heavy (non-hydrogen) atoms. The summed E-state index contributed by atoms with van der Waals surface area (Å²) in [5.74, 6) is 0.684. The van der Waals surface area contributed by atoms with Gasteiger partial charge >= 0.3 is 0 Å². The second-order valence-corrected chi connectivity index (χ2v) is 4.52. The third kappa shape index (κ3) is 3.73. The third-order valence-electron chi connectivity index (χ3n) is 2.76. The topological polar surface area (TPSA) is 24.5 Å². The Morgan fingerprint density at radius 2 is 2.00 bits per heavy atom. The first-order valence-electron chi connectivity index (χ1n) is 5.22. The molecule has 1 N–H and O–H groups in total. The van der Waals surface area contributed by atoms with Crippen LogP contribution in [-0.2, 0) is 4.74 Å². The van der Waals surface area contributed by atoms with Crippen LogP contribution in [0.1, 0.15) is 12.8 Å². The average Bonchev–Trinajstić information content (AvgIpc) is 2.19. The van der Waals surface area contributed by atoms with Crippen LogP contribution in [0.2, 0.25) is 0 Å². The lowest BCUT2D eigenvalue weighted by molar-refractivity contribution is 0.0461. The second-order valence-electron chi connectivity index (χ2n) is 4.26. The Bertz CT molecular complexity index is 158. The summed E-state index contributed by atoms with van der Waals surface area (Å²) in [4.78, 5) is 2.17. The lowest BCUT2D eigenvalue weighted by Gasteiger charge is -2.36. The van der Waals surface area contributed by atoms with Gasteiger partial charge in [-0.15, -0.1) is 11.6 Å². The van der Waals surface area contributed by atoms with E-state index in [1.165, 1.54) is 0 Å². The van der Waals surface area contributed by atoms with E-state index >= 15 is 0 Å². The number of hydrogen-bond donors (Lipinski definition) is 1. The summed E-state index contributed by atoms with van der Waals surface area (Å²) in [6.45, 7) is 3.72. The van der Waals surface area contributed by atoms with Crippen LogP contribution in [0, 0.1) is 0 Å². The van der Waals surface area contributed by atoms with E-state index in [2.05, 4.69) is 24.3 Å². The standard InChI is InChI=1S/C10H21ClN2O/c1-13(2)6-5-12-10(9-11)3-7-14-8-4-10/h12H,3-9H2,1-2H3. The Labute approximate surface area is 91.7 Å². The lowest BCUT2D eigenvalue weighted by atomic mass is 9.92. The Hall–Kier alpha value is 0.170. The van der Waals surface area contributed by atoms with Crippen LogP contribution in [0.4, 0.5) is 0 Å². The summed E-state index contributed by atoms with van der Waals surface area (Å²) in [6, 6.07) is 0. The van der Waals surface area contributed by atoms with Gasteiger partial charge in [0, 0.05) is 37.7 Å². The highest BCUT2D eigenvalue weighted by Gasteiger charge is 2.30. The maximum absolute atomic E-state index is 6.02. The summed E-state index contributed by atoms with van der Waals surface area (Å²) < 4.78 is 5.34. The van der Waals surface area contributed by atoms with Gasteiger partial charge in [0.1, 0.15) is 0 Å². The van der Waals surface area contributed by atoms with E-state index in [1.54, 1.807) is 0 Å². The molecule has 0 aromatic carbocycles. The fourth-order valence-electron chi connectivity index (χ4n) is 1.66. The molecule has 1 aliphatic rings. The van der Waals surface area contributed by atoms with Gasteiger partial charge in [-0.2, -0.15) is 0 Å². The molecule has 0 unspecified atom stereocenters. The smallest absolute Gasteiger partial charge is 0.0484 e. The van der Waals surface area contributed by atoms with E-state index in [1.807, 2.05) is 0 Å². The largest absolute Gasteiger partial charge is 0.381 e. The quantitative estimate of drug-likeness (QED) is 0.698. The molecule has 1 aliphatic heterocycles. The molecule has 0 aliphatic carbocycles. The van der Waals surface area contributed by atoms with Gasteiger partial charge in [-0.05, 0) is 26.9 Å². The SMILES string of the molecule is CN(C)CCNC1(CCl)CCOCC1. The minimum atomic E-state index is 0.121. The molecule has 0 saturated carbocycles. The zero-order valence-corrected chi connectivity index (χ0v) is 9.94. The van der Waals surface area contributed by atoms with Crippen LogP contribution in [0.5, 0.6) is 0 Å². The zero-order chi connectivity index (χ0) is 10.4. The van der Waals surface area contributed by atoms with Crippen molar-refractivity contribution in [2.45, 2.75) is 18.4 Å². The van der Waals surface area contributed by atoms with Gasteiger partial charge in [-0.25, -0.2) is 0 Å². The molecule has 0 bridgehead atoms. The first-order chi connectivity index (χ1) is 6.68. The molecule has 0 radical (unpaired) electrons. The number of nitrogens with zero attached hydrogens (tertiary/aromatic N) is 1. The molecular weight excluding hydrogens is 200 g/mol. The van der Waals surface area contributed by atoms with Crippen LogP contribution < -0.4 is 5.32 Å². The first kappa shape index (κ1) is 12.2. The van der Waals surface area contributed by atoms with Crippen molar-refractivity contribution in [3.05, 3.63) is 0 Å². The Balaban J connectivity index is 2.29. The molecule has 1 rings (SSSR count). The molecule has 0 aromatic rings. The van der Waals surface area contributed by atoms with E-state index in [-0.39, 0.29) is 5.54 Å². The monoisotopic (exact) mass is 220 g/mol. The van der Waals surface area contributed by atoms with Crippen molar-refractivity contribution in [2.75, 3.05) is 46.3 Å². The molecule has 4 heteroatoms. The number of rotatable bonds is 5. The number of nitrogens with one attached hydrogen (secondary N) is 1. The van der Waals surface area contributed by atoms with E-state index in [0.29, 0.717) is 5.88 Å². The Morgan fingerprint density at radius 1 is 1.36 bits per heavy atom. The summed E-state index contributed by atoms with van der Waals surface area (Å²) in [6.07, 6.45) is 2.06. The summed E-state index contributed by atoms with van der Waals surface area (Å²) in [5.41, 5.74) is 0.121. The van der Waals surface area contributed by atoms with Crippen LogP contribution in [-0.4, -0.2) is 56.7 Å². The molecule has 0 spiro atoms. The van der Waals surface area contributed by atoms with E-state index in [4.69, 9.17) is 16.3 Å². The first-order valence-corrected chi connectivity index (χ1v) is 5.75. The average molecular weight is 221 g/mol. The van der Waals surface area contributed by atoms with Gasteiger partial charge in [-0.1, -0.05) is 0 Å². The maximum Gasteiger partial charge on any atom is 0.0484 e. The second kappa shape index (κ2) is 5.91. The normalized spacial score (nSPS) is 21.4. The predicted octanol–water partition coefficient (Wildman–Crippen LogP) is 0.926. The van der Waals surface area contributed by atoms with Gasteiger partial charge in [-0.3, -0.25) is 0 Å². The van der Waals surface area contributed by atoms with Crippen LogP contribution in [0.15, 0.2) is 0 Å². The van der Waals surface area contributed by atoms with Crippen molar-refractivity contribution < 1.29 is 4.74 Å². The van der Waals surface area contributed by atoms with Crippen LogP contribution >= 0.6 is 11.6 Å². The summed E-state index contributed by atoms with van der Waals surface area (Å²) in [5, 5.41) is 3.56. The molecule has 1 heterocycles. The highest BCUT2D eigenvalue weighted by molar-refractivity contribution is 6.18. The van der Waals surface area contributed by atoms with Crippen molar-refractivity contribution in [2.24, 2.45) is 0 Å². The van der Waals surface area contributed by atoms with E-state index in [9.17, 15) is 0 Å². The minimum absolute atomic E-state index is 0.121. The van der Waals surface area contributed by atoms with E-state index in [0.717, 1.165) is 39.1 Å². The van der Waals surface area contributed by atoms with Gasteiger partial charge < -0.3 is 15.0 Å². The molecule has 3 nitrogen and oxygen atoms in total. The molecule has 0 atom stereocenters. The summed E-state index contributed by atoms with van der Waals surface area (Å²) >= 11 is 6.02. The van der Waals surface area contributed by atoms with E-state index < -0.39 is 0 Å². The zero-order valence-electron chi connectivity index (χ0n) is 9.18. The maximum atomic E-state index is 6.02. The predicted molar refractivity (Wildman–Crippen MR) is 60.1 cm³/mol. The number of likely N-dealkylation sites (N-methyl/N-ethyl adjacent to an activating group) is 1. The molecule has 84 valence electrons. The molecule has 0 aromatic heterocycles. The lowest BCUT2D eigenvalue weighted by Crippen LogP contribution is -2.52. The Kier molecular flexibility index (Phi) is 5.17. The Morgan fingerprint density at radius 3 is 2.50 bits per heavy atom. The van der Waals surface area contributed by atoms with Crippen molar-refractivity contribution in [1.82, 2.24) is 10.2 Å². The van der Waals surface area contributed by atoms with Gasteiger partial charge in [0.25, 0.3) is 0 Å². The number of ether oxygens (including phenoxy) is 1. The number of halogens is 1. The van der Waals surface area contributed by atoms with Crippen molar-refractivity contribution in [3.8, 4) is 0 Å².